The van der Waals surface area contributed by atoms with Gasteiger partial charge in [-0.05, 0) is 60.0 Å². The molecule has 2 heterocycles. The van der Waals surface area contributed by atoms with Crippen molar-refractivity contribution in [2.24, 2.45) is 4.99 Å². The lowest BCUT2D eigenvalue weighted by Gasteiger charge is -2.11. The molecule has 0 unspecified atom stereocenters. The van der Waals surface area contributed by atoms with Gasteiger partial charge in [-0.1, -0.05) is 35.9 Å². The van der Waals surface area contributed by atoms with E-state index in [1.807, 2.05) is 49.5 Å². The molecule has 28 heavy (non-hydrogen) atoms. The number of anilines is 2. The van der Waals surface area contributed by atoms with Crippen molar-refractivity contribution in [3.05, 3.63) is 83.4 Å². The fraction of sp³-hybridized carbons (Fsp3) is 0.0870. The maximum atomic E-state index is 12.4. The van der Waals surface area contributed by atoms with Gasteiger partial charge in [-0.15, -0.1) is 0 Å². The van der Waals surface area contributed by atoms with Crippen LogP contribution in [0.2, 0.25) is 0 Å². The predicted octanol–water partition coefficient (Wildman–Crippen LogP) is 4.36. The van der Waals surface area contributed by atoms with E-state index in [1.54, 1.807) is 18.2 Å². The molecule has 1 amide bonds. The Hall–Kier alpha value is -3.73. The van der Waals surface area contributed by atoms with Crippen molar-refractivity contribution in [1.82, 2.24) is 4.98 Å². The standard InChI is InChI=1S/C23H20N4O/c1-15-5-7-16(8-6-15)23(28)27-21-10-9-20(22(24)26-21)18-4-2-3-17(13-18)19-11-12-25-14-19/h2-13H,14H2,1H3,(H3,24,26,27,28). The lowest BCUT2D eigenvalue weighted by Crippen LogP contribution is -2.13. The third-order valence-corrected chi connectivity index (χ3v) is 4.67. The van der Waals surface area contributed by atoms with Crippen LogP contribution in [-0.4, -0.2) is 23.7 Å². The number of nitrogens with two attached hydrogens (primary N) is 1. The number of hydrogen-bond donors (Lipinski definition) is 2. The summed E-state index contributed by atoms with van der Waals surface area (Å²) < 4.78 is 0. The Bertz CT molecular complexity index is 1100. The van der Waals surface area contributed by atoms with E-state index in [0.29, 0.717) is 23.7 Å². The molecule has 3 N–H and O–H groups in total. The highest BCUT2D eigenvalue weighted by Crippen LogP contribution is 2.29. The Balaban J connectivity index is 1.55. The van der Waals surface area contributed by atoms with Gasteiger partial charge in [-0.3, -0.25) is 9.79 Å². The summed E-state index contributed by atoms with van der Waals surface area (Å²) in [5.41, 5.74) is 12.0. The zero-order valence-corrected chi connectivity index (χ0v) is 15.5. The highest BCUT2D eigenvalue weighted by atomic mass is 16.1. The first-order valence-corrected chi connectivity index (χ1v) is 9.04. The predicted molar refractivity (Wildman–Crippen MR) is 115 cm³/mol. The second-order valence-electron chi connectivity index (χ2n) is 6.71. The first kappa shape index (κ1) is 17.7. The van der Waals surface area contributed by atoms with E-state index < -0.39 is 0 Å². The van der Waals surface area contributed by atoms with Crippen LogP contribution in [0.15, 0.2) is 71.7 Å². The number of carbonyl (C=O) groups excluding carboxylic acids is 1. The van der Waals surface area contributed by atoms with Gasteiger partial charge in [-0.2, -0.15) is 0 Å². The second-order valence-corrected chi connectivity index (χ2v) is 6.71. The third-order valence-electron chi connectivity index (χ3n) is 4.67. The SMILES string of the molecule is Cc1ccc(C(=O)Nc2ccc(-c3cccc(C4=CC=NC4)c3)c(N)n2)cc1. The van der Waals surface area contributed by atoms with Crippen molar-refractivity contribution in [2.45, 2.75) is 6.92 Å². The van der Waals surface area contributed by atoms with E-state index in [-0.39, 0.29) is 5.91 Å². The van der Waals surface area contributed by atoms with Crippen molar-refractivity contribution in [3.63, 3.8) is 0 Å². The minimum atomic E-state index is -0.213. The molecule has 5 heteroatoms. The number of allylic oxidation sites excluding steroid dienone is 1. The maximum Gasteiger partial charge on any atom is 0.256 e. The molecule has 3 aromatic rings. The summed E-state index contributed by atoms with van der Waals surface area (Å²) in [4.78, 5) is 21.0. The van der Waals surface area contributed by atoms with E-state index in [2.05, 4.69) is 27.4 Å². The van der Waals surface area contributed by atoms with E-state index >= 15 is 0 Å². The van der Waals surface area contributed by atoms with Crippen LogP contribution >= 0.6 is 0 Å². The summed E-state index contributed by atoms with van der Waals surface area (Å²) in [6, 6.07) is 19.2. The number of hydrogen-bond acceptors (Lipinski definition) is 4. The Morgan fingerprint density at radius 3 is 2.54 bits per heavy atom. The maximum absolute atomic E-state index is 12.4. The zero-order valence-electron chi connectivity index (χ0n) is 15.5. The van der Waals surface area contributed by atoms with Gasteiger partial charge in [0.15, 0.2) is 0 Å². The topological polar surface area (TPSA) is 80.4 Å². The van der Waals surface area contributed by atoms with Crippen LogP contribution in [-0.2, 0) is 0 Å². The van der Waals surface area contributed by atoms with E-state index in [9.17, 15) is 4.79 Å². The fourth-order valence-electron chi connectivity index (χ4n) is 3.10. The van der Waals surface area contributed by atoms with E-state index in [1.165, 1.54) is 5.57 Å². The number of carbonyl (C=O) groups is 1. The lowest BCUT2D eigenvalue weighted by molar-refractivity contribution is 0.102. The van der Waals surface area contributed by atoms with E-state index in [4.69, 9.17) is 5.73 Å². The largest absolute Gasteiger partial charge is 0.383 e. The molecule has 138 valence electrons. The van der Waals surface area contributed by atoms with Crippen LogP contribution in [0.4, 0.5) is 11.6 Å². The van der Waals surface area contributed by atoms with Gasteiger partial charge in [-0.25, -0.2) is 4.98 Å². The average molecular weight is 368 g/mol. The van der Waals surface area contributed by atoms with Gasteiger partial charge in [0.1, 0.15) is 11.6 Å². The van der Waals surface area contributed by atoms with Crippen molar-refractivity contribution in [1.29, 1.82) is 0 Å². The molecule has 0 spiro atoms. The number of nitrogen functional groups attached to an aromatic ring is 1. The van der Waals surface area contributed by atoms with Crippen molar-refractivity contribution in [2.75, 3.05) is 17.6 Å². The summed E-state index contributed by atoms with van der Waals surface area (Å²) in [5, 5.41) is 2.80. The lowest BCUT2D eigenvalue weighted by atomic mass is 9.99. The number of aromatic nitrogens is 1. The zero-order chi connectivity index (χ0) is 19.5. The van der Waals surface area contributed by atoms with E-state index in [0.717, 1.165) is 22.3 Å². The number of aliphatic imine (C=N–C) groups is 1. The normalized spacial score (nSPS) is 12.7. The highest BCUT2D eigenvalue weighted by molar-refractivity contribution is 6.04. The first-order valence-electron chi connectivity index (χ1n) is 9.04. The summed E-state index contributed by atoms with van der Waals surface area (Å²) >= 11 is 0. The van der Waals surface area contributed by atoms with Crippen LogP contribution in [0, 0.1) is 6.92 Å². The van der Waals surface area contributed by atoms with Crippen LogP contribution in [0.3, 0.4) is 0 Å². The molecule has 0 saturated heterocycles. The van der Waals surface area contributed by atoms with Crippen LogP contribution in [0.5, 0.6) is 0 Å². The summed E-state index contributed by atoms with van der Waals surface area (Å²) in [6.45, 7) is 2.68. The Morgan fingerprint density at radius 2 is 1.82 bits per heavy atom. The molecule has 0 saturated carbocycles. The number of amides is 1. The number of pyridine rings is 1. The molecule has 0 fully saturated rings. The van der Waals surface area contributed by atoms with Crippen LogP contribution < -0.4 is 11.1 Å². The van der Waals surface area contributed by atoms with Crippen molar-refractivity contribution >= 4 is 29.3 Å². The molecule has 0 aliphatic carbocycles. The van der Waals surface area contributed by atoms with Crippen LogP contribution in [0.25, 0.3) is 16.7 Å². The molecular formula is C23H20N4O. The van der Waals surface area contributed by atoms with Gasteiger partial charge >= 0.3 is 0 Å². The van der Waals surface area contributed by atoms with Gasteiger partial charge in [0, 0.05) is 17.3 Å². The van der Waals surface area contributed by atoms with Gasteiger partial charge in [0.2, 0.25) is 0 Å². The summed E-state index contributed by atoms with van der Waals surface area (Å²) in [7, 11) is 0. The summed E-state index contributed by atoms with van der Waals surface area (Å²) in [6.07, 6.45) is 3.84. The molecule has 1 aliphatic heterocycles. The molecule has 4 rings (SSSR count). The molecule has 2 aromatic carbocycles. The number of nitrogens with zero attached hydrogens (tertiary/aromatic N) is 2. The molecule has 1 aromatic heterocycles. The monoisotopic (exact) mass is 368 g/mol. The molecule has 5 nitrogen and oxygen atoms in total. The average Bonchev–Trinajstić information content (AvgIpc) is 3.23. The molecule has 0 atom stereocenters. The van der Waals surface area contributed by atoms with Gasteiger partial charge < -0.3 is 11.1 Å². The van der Waals surface area contributed by atoms with Crippen LogP contribution in [0.1, 0.15) is 21.5 Å². The number of benzene rings is 2. The van der Waals surface area contributed by atoms with Gasteiger partial charge in [0.05, 0.1) is 6.54 Å². The highest BCUT2D eigenvalue weighted by Gasteiger charge is 2.11. The quantitative estimate of drug-likeness (QED) is 0.718. The number of nitrogens with one attached hydrogen (secondary N) is 1. The minimum Gasteiger partial charge on any atom is -0.383 e. The molecule has 0 radical (unpaired) electrons. The molecular weight excluding hydrogens is 348 g/mol. The van der Waals surface area contributed by atoms with Gasteiger partial charge in [0.25, 0.3) is 5.91 Å². The fourth-order valence-corrected chi connectivity index (χ4v) is 3.10. The Labute approximate surface area is 163 Å². The summed E-state index contributed by atoms with van der Waals surface area (Å²) in [5.74, 6) is 0.584. The Morgan fingerprint density at radius 1 is 1.04 bits per heavy atom. The first-order chi connectivity index (χ1) is 13.6. The number of aryl methyl sites for hydroxylation is 1. The minimum absolute atomic E-state index is 0.213. The third kappa shape index (κ3) is 3.69. The smallest absolute Gasteiger partial charge is 0.256 e. The molecule has 1 aliphatic rings. The Kier molecular flexibility index (Phi) is 4.72. The number of rotatable bonds is 4. The van der Waals surface area contributed by atoms with Crippen molar-refractivity contribution < 1.29 is 4.79 Å². The molecule has 0 bridgehead atoms. The van der Waals surface area contributed by atoms with Crippen molar-refractivity contribution in [3.8, 4) is 11.1 Å². The second kappa shape index (κ2) is 7.48.